The Morgan fingerprint density at radius 1 is 1.54 bits per heavy atom. The highest BCUT2D eigenvalue weighted by molar-refractivity contribution is 5.68. The zero-order chi connectivity index (χ0) is 9.68. The van der Waals surface area contributed by atoms with Gasteiger partial charge in [-0.1, -0.05) is 0 Å². The van der Waals surface area contributed by atoms with Crippen molar-refractivity contribution >= 4 is 12.0 Å². The summed E-state index contributed by atoms with van der Waals surface area (Å²) in [7, 11) is 1.21. The monoisotopic (exact) mass is 186 g/mol. The minimum Gasteiger partial charge on any atom is -0.452 e. The van der Waals surface area contributed by atoms with Crippen LogP contribution in [0.25, 0.3) is 0 Å². The summed E-state index contributed by atoms with van der Waals surface area (Å²) in [5.74, 6) is -0.476. The van der Waals surface area contributed by atoms with E-state index in [1.54, 1.807) is 0 Å². The number of hydrogen-bond acceptors (Lipinski definition) is 5. The Bertz CT molecular complexity index is 289. The molecule has 1 heterocycles. The highest BCUT2D eigenvalue weighted by atomic mass is 19.1. The molecule has 0 aromatic carbocycles. The molecule has 0 aliphatic heterocycles. The summed E-state index contributed by atoms with van der Waals surface area (Å²) in [6, 6.07) is 0. The minimum absolute atomic E-state index is 0.0757. The number of anilines is 1. The molecule has 6 nitrogen and oxygen atoms in total. The maximum Gasteiger partial charge on any atom is 0.425 e. The summed E-state index contributed by atoms with van der Waals surface area (Å²) in [5.41, 5.74) is 4.42. The van der Waals surface area contributed by atoms with E-state index in [-0.39, 0.29) is 5.95 Å². The van der Waals surface area contributed by atoms with Crippen LogP contribution in [0.1, 0.15) is 0 Å². The van der Waals surface area contributed by atoms with Crippen LogP contribution >= 0.6 is 0 Å². The number of rotatable bonds is 2. The van der Waals surface area contributed by atoms with E-state index >= 15 is 0 Å². The fourth-order valence-electron chi connectivity index (χ4n) is 0.535. The van der Waals surface area contributed by atoms with E-state index < -0.39 is 11.9 Å². The predicted molar refractivity (Wildman–Crippen MR) is 41.2 cm³/mol. The fraction of sp³-hybridized carbons (Fsp3) is 0.167. The summed E-state index contributed by atoms with van der Waals surface area (Å²) in [4.78, 5) is 17.6. The lowest BCUT2D eigenvalue weighted by Gasteiger charge is -2.03. The van der Waals surface area contributed by atoms with Gasteiger partial charge in [-0.25, -0.2) is 24.6 Å². The molecular weight excluding hydrogens is 179 g/mol. The van der Waals surface area contributed by atoms with Gasteiger partial charge in [-0.3, -0.25) is 5.43 Å². The summed E-state index contributed by atoms with van der Waals surface area (Å²) in [5, 5.41) is 0. The van der Waals surface area contributed by atoms with Crippen LogP contribution in [-0.4, -0.2) is 23.2 Å². The van der Waals surface area contributed by atoms with E-state index in [0.717, 1.165) is 12.4 Å². The minimum atomic E-state index is -0.687. The number of hydrazine groups is 1. The van der Waals surface area contributed by atoms with Gasteiger partial charge in [0.2, 0.25) is 5.95 Å². The van der Waals surface area contributed by atoms with Gasteiger partial charge in [0.25, 0.3) is 0 Å². The molecule has 0 aliphatic rings. The first kappa shape index (κ1) is 9.17. The number of carbonyl (C=O) groups excluding carboxylic acids is 1. The average Bonchev–Trinajstić information content (AvgIpc) is 2.16. The van der Waals surface area contributed by atoms with Crippen LogP contribution in [0.2, 0.25) is 0 Å². The van der Waals surface area contributed by atoms with Crippen molar-refractivity contribution in [1.29, 1.82) is 0 Å². The molecule has 0 fully saturated rings. The molecule has 0 atom stereocenters. The zero-order valence-corrected chi connectivity index (χ0v) is 6.74. The molecule has 0 radical (unpaired) electrons. The molecule has 0 aliphatic carbocycles. The van der Waals surface area contributed by atoms with Crippen LogP contribution in [0.15, 0.2) is 12.4 Å². The van der Waals surface area contributed by atoms with E-state index in [0.29, 0.717) is 0 Å². The molecule has 7 heteroatoms. The average molecular weight is 186 g/mol. The number of ether oxygens (including phenoxy) is 1. The number of methoxy groups -OCH3 is 1. The Hall–Kier alpha value is -1.92. The molecule has 1 rings (SSSR count). The van der Waals surface area contributed by atoms with Gasteiger partial charge in [0.15, 0.2) is 5.82 Å². The number of halogens is 1. The number of hydrogen-bond donors (Lipinski definition) is 2. The topological polar surface area (TPSA) is 76.1 Å². The highest BCUT2D eigenvalue weighted by Gasteiger charge is 1.99. The van der Waals surface area contributed by atoms with Crippen molar-refractivity contribution in [2.45, 2.75) is 0 Å². The third-order valence-electron chi connectivity index (χ3n) is 1.08. The first-order valence-electron chi connectivity index (χ1n) is 3.30. The van der Waals surface area contributed by atoms with Crippen molar-refractivity contribution in [3.8, 4) is 0 Å². The van der Waals surface area contributed by atoms with E-state index in [2.05, 4.69) is 25.6 Å². The largest absolute Gasteiger partial charge is 0.452 e. The molecule has 13 heavy (non-hydrogen) atoms. The second-order valence-electron chi connectivity index (χ2n) is 1.97. The van der Waals surface area contributed by atoms with E-state index in [9.17, 15) is 9.18 Å². The number of amides is 1. The van der Waals surface area contributed by atoms with Gasteiger partial charge >= 0.3 is 6.09 Å². The van der Waals surface area contributed by atoms with Crippen molar-refractivity contribution in [3.05, 3.63) is 18.2 Å². The lowest BCUT2D eigenvalue weighted by Crippen LogP contribution is -2.29. The molecule has 2 N–H and O–H groups in total. The lowest BCUT2D eigenvalue weighted by atomic mass is 10.6. The molecule has 0 bridgehead atoms. The molecule has 1 aromatic heterocycles. The second kappa shape index (κ2) is 4.19. The van der Waals surface area contributed by atoms with Crippen LogP contribution in [0.3, 0.4) is 0 Å². The summed E-state index contributed by atoms with van der Waals surface area (Å²) < 4.78 is 16.5. The van der Waals surface area contributed by atoms with Crippen molar-refractivity contribution in [2.75, 3.05) is 12.5 Å². The summed E-state index contributed by atoms with van der Waals surface area (Å²) >= 11 is 0. The second-order valence-corrected chi connectivity index (χ2v) is 1.97. The highest BCUT2D eigenvalue weighted by Crippen LogP contribution is 1.95. The first-order valence-corrected chi connectivity index (χ1v) is 3.30. The summed E-state index contributed by atoms with van der Waals surface area (Å²) in [6.45, 7) is 0. The molecule has 1 aromatic rings. The van der Waals surface area contributed by atoms with Crippen LogP contribution in [0.4, 0.5) is 15.1 Å². The molecule has 70 valence electrons. The lowest BCUT2D eigenvalue weighted by molar-refractivity contribution is 0.173. The van der Waals surface area contributed by atoms with Gasteiger partial charge in [-0.05, 0) is 0 Å². The zero-order valence-electron chi connectivity index (χ0n) is 6.74. The SMILES string of the molecule is COC(=O)NNc1ncc(F)cn1. The molecule has 0 unspecified atom stereocenters. The van der Waals surface area contributed by atoms with Gasteiger partial charge in [0.1, 0.15) is 0 Å². The van der Waals surface area contributed by atoms with E-state index in [4.69, 9.17) is 0 Å². The van der Waals surface area contributed by atoms with Crippen LogP contribution < -0.4 is 10.9 Å². The fourth-order valence-corrected chi connectivity index (χ4v) is 0.535. The van der Waals surface area contributed by atoms with Gasteiger partial charge in [0, 0.05) is 0 Å². The predicted octanol–water partition coefficient (Wildman–Crippen LogP) is 0.299. The van der Waals surface area contributed by atoms with Crippen LogP contribution in [0.5, 0.6) is 0 Å². The number of nitrogens with zero attached hydrogens (tertiary/aromatic N) is 2. The Balaban J connectivity index is 2.46. The first-order chi connectivity index (χ1) is 6.22. The van der Waals surface area contributed by atoms with Gasteiger partial charge < -0.3 is 4.74 Å². The molecule has 1 amide bonds. The van der Waals surface area contributed by atoms with Crippen molar-refractivity contribution in [2.24, 2.45) is 0 Å². The van der Waals surface area contributed by atoms with Gasteiger partial charge in [-0.15, -0.1) is 0 Å². The molecule has 0 saturated heterocycles. The maximum atomic E-state index is 12.3. The smallest absolute Gasteiger partial charge is 0.425 e. The molecular formula is C6H7FN4O2. The van der Waals surface area contributed by atoms with Crippen molar-refractivity contribution in [1.82, 2.24) is 15.4 Å². The van der Waals surface area contributed by atoms with Crippen LogP contribution in [0, 0.1) is 5.82 Å². The van der Waals surface area contributed by atoms with Gasteiger partial charge in [0.05, 0.1) is 19.5 Å². The Labute approximate surface area is 73.1 Å². The summed E-state index contributed by atoms with van der Waals surface area (Å²) in [6.07, 6.45) is 1.25. The quantitative estimate of drug-likeness (QED) is 0.649. The number of carbonyl (C=O) groups is 1. The van der Waals surface area contributed by atoms with E-state index in [1.165, 1.54) is 7.11 Å². The molecule has 0 saturated carbocycles. The van der Waals surface area contributed by atoms with Crippen molar-refractivity contribution in [3.63, 3.8) is 0 Å². The molecule has 0 spiro atoms. The number of aromatic nitrogens is 2. The van der Waals surface area contributed by atoms with E-state index in [1.807, 2.05) is 0 Å². The van der Waals surface area contributed by atoms with Gasteiger partial charge in [-0.2, -0.15) is 0 Å². The number of nitrogens with one attached hydrogen (secondary N) is 2. The Morgan fingerprint density at radius 3 is 2.69 bits per heavy atom. The standard InChI is InChI=1S/C6H7FN4O2/c1-13-6(12)11-10-5-8-2-4(7)3-9-5/h2-3H,1H3,(H,11,12)(H,8,9,10). The van der Waals surface area contributed by atoms with Crippen LogP contribution in [-0.2, 0) is 4.74 Å². The third kappa shape index (κ3) is 2.89. The maximum absolute atomic E-state index is 12.3. The normalized spacial score (nSPS) is 9.08. The Kier molecular flexibility index (Phi) is 2.96. The third-order valence-corrected chi connectivity index (χ3v) is 1.08. The Morgan fingerprint density at radius 2 is 2.15 bits per heavy atom. The van der Waals surface area contributed by atoms with Crippen molar-refractivity contribution < 1.29 is 13.9 Å².